The molecule has 0 saturated heterocycles. The molecule has 0 spiro atoms. The summed E-state index contributed by atoms with van der Waals surface area (Å²) < 4.78 is 0. The maximum Gasteiger partial charge on any atom is 0.321 e. The molecule has 2 amide bonds. The van der Waals surface area contributed by atoms with Gasteiger partial charge in [0.25, 0.3) is 0 Å². The molecule has 0 aliphatic carbocycles. The van der Waals surface area contributed by atoms with E-state index in [0.717, 1.165) is 41.1 Å². The van der Waals surface area contributed by atoms with Crippen LogP contribution in [0.15, 0.2) is 42.7 Å². The van der Waals surface area contributed by atoms with Crippen LogP contribution in [0.3, 0.4) is 0 Å². The van der Waals surface area contributed by atoms with Gasteiger partial charge in [0.2, 0.25) is 0 Å². The van der Waals surface area contributed by atoms with E-state index in [9.17, 15) is 4.79 Å². The molecule has 0 atom stereocenters. The second kappa shape index (κ2) is 8.58. The number of pyridine rings is 1. The van der Waals surface area contributed by atoms with Gasteiger partial charge in [0, 0.05) is 37.2 Å². The highest BCUT2D eigenvalue weighted by atomic mass is 32.2. The molecular weight excluding hydrogens is 306 g/mol. The number of nitrogens with zero attached hydrogens (tertiary/aromatic N) is 2. The molecule has 122 valence electrons. The summed E-state index contributed by atoms with van der Waals surface area (Å²) in [5.74, 6) is 1.06. The molecule has 0 aliphatic rings. The zero-order valence-corrected chi connectivity index (χ0v) is 14.7. The first-order valence-electron chi connectivity index (χ1n) is 7.64. The number of nitrogens with one attached hydrogen (secondary N) is 1. The van der Waals surface area contributed by atoms with E-state index in [2.05, 4.69) is 16.6 Å². The van der Waals surface area contributed by atoms with E-state index in [1.807, 2.05) is 50.5 Å². The Balaban J connectivity index is 2.09. The third-order valence-corrected chi connectivity index (χ3v) is 4.36. The van der Waals surface area contributed by atoms with Gasteiger partial charge in [-0.15, -0.1) is 0 Å². The third kappa shape index (κ3) is 4.99. The lowest BCUT2D eigenvalue weighted by molar-refractivity contribution is 0.222. The van der Waals surface area contributed by atoms with Crippen molar-refractivity contribution in [3.05, 3.63) is 48.3 Å². The maximum atomic E-state index is 12.3. The predicted molar refractivity (Wildman–Crippen MR) is 99.1 cm³/mol. The summed E-state index contributed by atoms with van der Waals surface area (Å²) in [6, 6.07) is 9.91. The Morgan fingerprint density at radius 1 is 1.30 bits per heavy atom. The average Bonchev–Trinajstić information content (AvgIpc) is 2.57. The fraction of sp³-hybridized carbons (Fsp3) is 0.333. The molecule has 0 bridgehead atoms. The monoisotopic (exact) mass is 329 g/mol. The zero-order chi connectivity index (χ0) is 16.7. The van der Waals surface area contributed by atoms with Crippen LogP contribution < -0.4 is 5.32 Å². The van der Waals surface area contributed by atoms with E-state index in [4.69, 9.17) is 0 Å². The fourth-order valence-corrected chi connectivity index (χ4v) is 2.65. The van der Waals surface area contributed by atoms with Gasteiger partial charge >= 0.3 is 6.03 Å². The molecule has 1 aromatic carbocycles. The molecule has 1 heterocycles. The van der Waals surface area contributed by atoms with Crippen LogP contribution in [0.4, 0.5) is 10.5 Å². The molecule has 0 aliphatic heterocycles. The summed E-state index contributed by atoms with van der Waals surface area (Å²) in [7, 11) is 1.83. The lowest BCUT2D eigenvalue weighted by Gasteiger charge is -2.19. The Kier molecular flexibility index (Phi) is 6.47. The highest BCUT2D eigenvalue weighted by Gasteiger charge is 2.10. The van der Waals surface area contributed by atoms with Crippen LogP contribution >= 0.6 is 11.8 Å². The normalized spacial score (nSPS) is 10.4. The van der Waals surface area contributed by atoms with Gasteiger partial charge in [-0.1, -0.05) is 18.2 Å². The number of carbonyl (C=O) groups is 1. The molecule has 0 saturated carbocycles. The Bertz CT molecular complexity index is 646. The molecular formula is C18H23N3OS. The number of urea groups is 1. The van der Waals surface area contributed by atoms with Crippen molar-refractivity contribution in [1.82, 2.24) is 9.88 Å². The summed E-state index contributed by atoms with van der Waals surface area (Å²) in [6.45, 7) is 2.75. The smallest absolute Gasteiger partial charge is 0.321 e. The van der Waals surface area contributed by atoms with Gasteiger partial charge in [-0.2, -0.15) is 11.8 Å². The first kappa shape index (κ1) is 17.3. The number of aromatic nitrogens is 1. The first-order valence-corrected chi connectivity index (χ1v) is 9.03. The van der Waals surface area contributed by atoms with Crippen molar-refractivity contribution in [2.75, 3.05) is 30.9 Å². The zero-order valence-electron chi connectivity index (χ0n) is 13.9. The molecule has 2 rings (SSSR count). The SMILES string of the molecule is CSCCCN(C)C(=O)Nc1cc(-c2cccnc2)ccc1C. The van der Waals surface area contributed by atoms with Crippen molar-refractivity contribution in [2.24, 2.45) is 0 Å². The number of anilines is 1. The number of hydrogen-bond donors (Lipinski definition) is 1. The van der Waals surface area contributed by atoms with Crippen LogP contribution in [0.1, 0.15) is 12.0 Å². The number of thioether (sulfide) groups is 1. The molecule has 0 fully saturated rings. The van der Waals surface area contributed by atoms with Gasteiger partial charge in [-0.3, -0.25) is 4.98 Å². The van der Waals surface area contributed by atoms with Crippen molar-refractivity contribution in [3.63, 3.8) is 0 Å². The highest BCUT2D eigenvalue weighted by molar-refractivity contribution is 7.98. The van der Waals surface area contributed by atoms with Crippen LogP contribution in [0.2, 0.25) is 0 Å². The fourth-order valence-electron chi connectivity index (χ4n) is 2.23. The Morgan fingerprint density at radius 2 is 2.13 bits per heavy atom. The minimum Gasteiger partial charge on any atom is -0.328 e. The summed E-state index contributed by atoms with van der Waals surface area (Å²) >= 11 is 1.80. The predicted octanol–water partition coefficient (Wildman–Crippen LogP) is 4.27. The lowest BCUT2D eigenvalue weighted by Crippen LogP contribution is -2.32. The van der Waals surface area contributed by atoms with Gasteiger partial charge in [-0.05, 0) is 48.6 Å². The minimum absolute atomic E-state index is 0.0717. The van der Waals surface area contributed by atoms with Crippen LogP contribution in [0.5, 0.6) is 0 Å². The number of hydrogen-bond acceptors (Lipinski definition) is 3. The Morgan fingerprint density at radius 3 is 2.83 bits per heavy atom. The number of aryl methyl sites for hydroxylation is 1. The number of amides is 2. The molecule has 1 aromatic heterocycles. The Labute approximate surface area is 142 Å². The summed E-state index contributed by atoms with van der Waals surface area (Å²) in [5.41, 5.74) is 3.97. The highest BCUT2D eigenvalue weighted by Crippen LogP contribution is 2.25. The van der Waals surface area contributed by atoms with E-state index in [0.29, 0.717) is 0 Å². The van der Waals surface area contributed by atoms with Crippen LogP contribution in [0, 0.1) is 6.92 Å². The number of benzene rings is 1. The van der Waals surface area contributed by atoms with Crippen molar-refractivity contribution in [1.29, 1.82) is 0 Å². The van der Waals surface area contributed by atoms with Gasteiger partial charge in [-0.25, -0.2) is 4.79 Å². The van der Waals surface area contributed by atoms with E-state index >= 15 is 0 Å². The molecule has 23 heavy (non-hydrogen) atoms. The second-order valence-corrected chi connectivity index (χ2v) is 6.46. The standard InChI is InChI=1S/C18H23N3OS/c1-14-7-8-15(16-6-4-9-19-13-16)12-17(14)20-18(22)21(2)10-5-11-23-3/h4,6-9,12-13H,5,10-11H2,1-3H3,(H,20,22). The molecule has 0 unspecified atom stereocenters. The van der Waals surface area contributed by atoms with Gasteiger partial charge < -0.3 is 10.2 Å². The summed E-state index contributed by atoms with van der Waals surface area (Å²) in [6.07, 6.45) is 6.65. The minimum atomic E-state index is -0.0717. The molecule has 1 N–H and O–H groups in total. The molecule has 2 aromatic rings. The quantitative estimate of drug-likeness (QED) is 0.805. The van der Waals surface area contributed by atoms with Crippen molar-refractivity contribution >= 4 is 23.5 Å². The number of carbonyl (C=O) groups excluding carboxylic acids is 1. The van der Waals surface area contributed by atoms with Crippen LogP contribution in [-0.4, -0.2) is 41.5 Å². The first-order chi connectivity index (χ1) is 11.1. The summed E-state index contributed by atoms with van der Waals surface area (Å²) in [5, 5.41) is 3.01. The van der Waals surface area contributed by atoms with Crippen molar-refractivity contribution in [2.45, 2.75) is 13.3 Å². The van der Waals surface area contributed by atoms with Gasteiger partial charge in [0.15, 0.2) is 0 Å². The third-order valence-electron chi connectivity index (χ3n) is 3.66. The molecule has 5 heteroatoms. The average molecular weight is 329 g/mol. The Hall–Kier alpha value is -2.01. The van der Waals surface area contributed by atoms with Crippen LogP contribution in [-0.2, 0) is 0 Å². The van der Waals surface area contributed by atoms with Gasteiger partial charge in [0.1, 0.15) is 0 Å². The lowest BCUT2D eigenvalue weighted by atomic mass is 10.0. The van der Waals surface area contributed by atoms with Crippen molar-refractivity contribution in [3.8, 4) is 11.1 Å². The van der Waals surface area contributed by atoms with Gasteiger partial charge in [0.05, 0.1) is 0 Å². The number of rotatable bonds is 6. The van der Waals surface area contributed by atoms with E-state index < -0.39 is 0 Å². The second-order valence-electron chi connectivity index (χ2n) is 5.47. The molecule has 0 radical (unpaired) electrons. The largest absolute Gasteiger partial charge is 0.328 e. The van der Waals surface area contributed by atoms with E-state index in [1.165, 1.54) is 0 Å². The summed E-state index contributed by atoms with van der Waals surface area (Å²) in [4.78, 5) is 18.2. The van der Waals surface area contributed by atoms with Crippen LogP contribution in [0.25, 0.3) is 11.1 Å². The van der Waals surface area contributed by atoms with E-state index in [1.54, 1.807) is 22.9 Å². The topological polar surface area (TPSA) is 45.2 Å². The molecule has 4 nitrogen and oxygen atoms in total. The van der Waals surface area contributed by atoms with E-state index in [-0.39, 0.29) is 6.03 Å². The van der Waals surface area contributed by atoms with Crippen molar-refractivity contribution < 1.29 is 4.79 Å². The maximum absolute atomic E-state index is 12.3.